The van der Waals surface area contributed by atoms with Crippen molar-refractivity contribution in [3.63, 3.8) is 0 Å². The molecule has 1 amide bonds. The molecule has 0 saturated carbocycles. The second-order valence-electron chi connectivity index (χ2n) is 22.5. The van der Waals surface area contributed by atoms with E-state index in [9.17, 15) is 30.3 Å². The number of unbranched alkanes of at least 4 members (excludes halogenated alkanes) is 28. The number of amides is 1. The van der Waals surface area contributed by atoms with E-state index in [1.54, 1.807) is 0 Å². The van der Waals surface area contributed by atoms with Gasteiger partial charge in [-0.3, -0.25) is 4.79 Å². The first kappa shape index (κ1) is 74.9. The minimum Gasteiger partial charge on any atom is -0.394 e. The second-order valence-corrected chi connectivity index (χ2v) is 22.5. The second kappa shape index (κ2) is 59.0. The van der Waals surface area contributed by atoms with Crippen molar-refractivity contribution in [2.24, 2.45) is 0 Å². The molecule has 0 bridgehead atoms. The molecule has 9 nitrogen and oxygen atoms in total. The highest BCUT2D eigenvalue weighted by Crippen LogP contribution is 2.23. The molecule has 0 aromatic rings. The summed E-state index contributed by atoms with van der Waals surface area (Å²) in [5, 5.41) is 54.8. The van der Waals surface area contributed by atoms with Crippen LogP contribution >= 0.6 is 0 Å². The van der Waals surface area contributed by atoms with Gasteiger partial charge in [0, 0.05) is 6.42 Å². The largest absolute Gasteiger partial charge is 0.394 e. The third-order valence-electron chi connectivity index (χ3n) is 15.1. The van der Waals surface area contributed by atoms with E-state index in [0.717, 1.165) is 103 Å². The third-order valence-corrected chi connectivity index (χ3v) is 15.1. The van der Waals surface area contributed by atoms with Gasteiger partial charge in [0.1, 0.15) is 24.4 Å². The lowest BCUT2D eigenvalue weighted by molar-refractivity contribution is -0.302. The third kappa shape index (κ3) is 47.4. The zero-order valence-corrected chi connectivity index (χ0v) is 51.3. The average Bonchev–Trinajstić information content (AvgIpc) is 3.46. The fourth-order valence-corrected chi connectivity index (χ4v) is 9.98. The standard InChI is InChI=1S/C71H123NO8/c1-3-5-7-9-11-13-15-17-19-21-23-24-25-26-27-28-29-30-31-32-33-34-35-36-37-38-39-40-41-42-43-45-47-49-51-53-55-57-59-61-67(75)72-64(63-79-71-70(78)69(77)68(76)66(62-73)80-71)65(74)60-58-56-54-52-50-48-46-44-22-20-18-16-14-12-10-8-6-4-2/h5,7,11,13,17,19,23-24,26-27,29-30,32-33,35-36,38-39,64-66,68-71,73-74,76-78H,3-4,6,8-10,12,14-16,18,20-22,25,28,31,34,37,40-63H2,1-2H3,(H,72,75)/b7-5-,13-11-,19-17-,24-23-,27-26-,30-29-,33-32-,36-35-,39-38-. The normalized spacial score (nSPS) is 19.2. The molecule has 6 N–H and O–H groups in total. The molecular formula is C71H123NO8. The first-order valence-electron chi connectivity index (χ1n) is 33.1. The number of rotatable bonds is 56. The van der Waals surface area contributed by atoms with Crippen LogP contribution < -0.4 is 5.32 Å². The number of nitrogens with one attached hydrogen (secondary N) is 1. The molecule has 7 atom stereocenters. The molecule has 7 unspecified atom stereocenters. The Morgan fingerprint density at radius 1 is 0.438 bits per heavy atom. The fourth-order valence-electron chi connectivity index (χ4n) is 9.98. The maximum absolute atomic E-state index is 13.1. The number of ether oxygens (including phenoxy) is 2. The molecule has 1 fully saturated rings. The Morgan fingerprint density at radius 3 is 1.15 bits per heavy atom. The fraction of sp³-hybridized carbons (Fsp3) is 0.732. The molecule has 0 radical (unpaired) electrons. The number of hydrogen-bond donors (Lipinski definition) is 6. The summed E-state index contributed by atoms with van der Waals surface area (Å²) in [5.74, 6) is -0.149. The number of aliphatic hydroxyl groups excluding tert-OH is 5. The van der Waals surface area contributed by atoms with Crippen molar-refractivity contribution in [3.05, 3.63) is 109 Å². The summed E-state index contributed by atoms with van der Waals surface area (Å²) in [4.78, 5) is 13.1. The van der Waals surface area contributed by atoms with Crippen LogP contribution in [0.25, 0.3) is 0 Å². The van der Waals surface area contributed by atoms with Gasteiger partial charge in [-0.25, -0.2) is 0 Å². The Bertz CT molecular complexity index is 1630. The van der Waals surface area contributed by atoms with Gasteiger partial charge in [0.05, 0.1) is 25.4 Å². The van der Waals surface area contributed by atoms with E-state index in [0.29, 0.717) is 12.8 Å². The first-order chi connectivity index (χ1) is 39.3. The van der Waals surface area contributed by atoms with E-state index in [1.165, 1.54) is 148 Å². The van der Waals surface area contributed by atoms with E-state index >= 15 is 0 Å². The van der Waals surface area contributed by atoms with Gasteiger partial charge in [-0.15, -0.1) is 0 Å². The van der Waals surface area contributed by atoms with Crippen LogP contribution in [-0.4, -0.2) is 87.5 Å². The van der Waals surface area contributed by atoms with Gasteiger partial charge in [0.15, 0.2) is 6.29 Å². The summed E-state index contributed by atoms with van der Waals surface area (Å²) in [7, 11) is 0. The van der Waals surface area contributed by atoms with Crippen LogP contribution in [0.15, 0.2) is 109 Å². The highest BCUT2D eigenvalue weighted by atomic mass is 16.7. The Hall–Kier alpha value is -3.15. The van der Waals surface area contributed by atoms with Crippen molar-refractivity contribution in [1.82, 2.24) is 5.32 Å². The molecular weight excluding hydrogens is 995 g/mol. The van der Waals surface area contributed by atoms with Crippen molar-refractivity contribution in [3.8, 4) is 0 Å². The summed E-state index contributed by atoms with van der Waals surface area (Å²) in [5.41, 5.74) is 0. The predicted octanol–water partition coefficient (Wildman–Crippen LogP) is 17.7. The van der Waals surface area contributed by atoms with Crippen LogP contribution in [0.2, 0.25) is 0 Å². The van der Waals surface area contributed by atoms with Crippen molar-refractivity contribution in [2.75, 3.05) is 13.2 Å². The van der Waals surface area contributed by atoms with E-state index in [1.807, 2.05) is 0 Å². The zero-order chi connectivity index (χ0) is 57.9. The van der Waals surface area contributed by atoms with Crippen molar-refractivity contribution >= 4 is 5.91 Å². The Morgan fingerprint density at radius 2 is 0.775 bits per heavy atom. The van der Waals surface area contributed by atoms with E-state index < -0.39 is 49.5 Å². The van der Waals surface area contributed by atoms with Crippen LogP contribution in [0.5, 0.6) is 0 Å². The molecule has 0 spiro atoms. The van der Waals surface area contributed by atoms with Gasteiger partial charge in [0.25, 0.3) is 0 Å². The number of carbonyl (C=O) groups is 1. The molecule has 460 valence electrons. The summed E-state index contributed by atoms with van der Waals surface area (Å²) in [6, 6.07) is -0.728. The summed E-state index contributed by atoms with van der Waals surface area (Å²) in [6.07, 6.45) is 79.9. The molecule has 0 aliphatic carbocycles. The molecule has 1 rings (SSSR count). The van der Waals surface area contributed by atoms with Gasteiger partial charge in [-0.1, -0.05) is 297 Å². The maximum atomic E-state index is 13.1. The van der Waals surface area contributed by atoms with Crippen LogP contribution in [0, 0.1) is 0 Å². The van der Waals surface area contributed by atoms with Gasteiger partial charge in [-0.2, -0.15) is 0 Å². The first-order valence-corrected chi connectivity index (χ1v) is 33.1. The Balaban J connectivity index is 2.13. The molecule has 1 aliphatic rings. The number of hydrogen-bond acceptors (Lipinski definition) is 8. The average molecular weight is 1120 g/mol. The van der Waals surface area contributed by atoms with E-state index in [4.69, 9.17) is 9.47 Å². The Labute approximate surface area is 491 Å². The quantitative estimate of drug-likeness (QED) is 0.0261. The van der Waals surface area contributed by atoms with Gasteiger partial charge in [-0.05, 0) is 83.5 Å². The highest BCUT2D eigenvalue weighted by Gasteiger charge is 2.44. The summed E-state index contributed by atoms with van der Waals surface area (Å²) < 4.78 is 11.3. The molecule has 9 heteroatoms. The van der Waals surface area contributed by atoms with Gasteiger partial charge in [0.2, 0.25) is 5.91 Å². The number of aliphatic hydroxyl groups is 5. The topological polar surface area (TPSA) is 149 Å². The monoisotopic (exact) mass is 1120 g/mol. The van der Waals surface area contributed by atoms with Crippen LogP contribution in [0.4, 0.5) is 0 Å². The smallest absolute Gasteiger partial charge is 0.220 e. The SMILES string of the molecule is CC/C=C\C/C=C\C/C=C\C/C=C\C/C=C\C/C=C\C/C=C\C/C=C\C/C=C\CCCCCCCCCCCCCC(=O)NC(COC1OC(CO)C(O)C(O)C1O)C(O)CCCCCCCCCCCCCCCCCCCC. The van der Waals surface area contributed by atoms with Gasteiger partial charge >= 0.3 is 0 Å². The predicted molar refractivity (Wildman–Crippen MR) is 341 cm³/mol. The van der Waals surface area contributed by atoms with E-state index in [-0.39, 0.29) is 12.5 Å². The minimum atomic E-state index is -1.56. The number of allylic oxidation sites excluding steroid dienone is 18. The lowest BCUT2D eigenvalue weighted by Gasteiger charge is -2.40. The van der Waals surface area contributed by atoms with E-state index in [2.05, 4.69) is 129 Å². The Kier molecular flexibility index (Phi) is 55.2. The molecule has 0 aromatic carbocycles. The highest BCUT2D eigenvalue weighted by molar-refractivity contribution is 5.76. The summed E-state index contributed by atoms with van der Waals surface area (Å²) in [6.45, 7) is 3.74. The molecule has 1 saturated heterocycles. The minimum absolute atomic E-state index is 0.143. The lowest BCUT2D eigenvalue weighted by atomic mass is 9.99. The molecule has 1 heterocycles. The van der Waals surface area contributed by atoms with Crippen molar-refractivity contribution in [2.45, 2.75) is 320 Å². The zero-order valence-electron chi connectivity index (χ0n) is 51.3. The van der Waals surface area contributed by atoms with Crippen molar-refractivity contribution < 1.29 is 39.8 Å². The maximum Gasteiger partial charge on any atom is 0.220 e. The van der Waals surface area contributed by atoms with Gasteiger partial charge < -0.3 is 40.3 Å². The molecule has 80 heavy (non-hydrogen) atoms. The molecule has 1 aliphatic heterocycles. The van der Waals surface area contributed by atoms with Crippen molar-refractivity contribution in [1.29, 1.82) is 0 Å². The van der Waals surface area contributed by atoms with Crippen LogP contribution in [0.3, 0.4) is 0 Å². The van der Waals surface area contributed by atoms with Crippen LogP contribution in [0.1, 0.15) is 277 Å². The lowest BCUT2D eigenvalue weighted by Crippen LogP contribution is -2.60. The summed E-state index contributed by atoms with van der Waals surface area (Å²) >= 11 is 0. The molecule has 0 aromatic heterocycles. The number of carbonyl (C=O) groups excluding carboxylic acids is 1. The van der Waals surface area contributed by atoms with Crippen LogP contribution in [-0.2, 0) is 14.3 Å².